The zero-order chi connectivity index (χ0) is 27.5. The van der Waals surface area contributed by atoms with Gasteiger partial charge >= 0.3 is 0 Å². The smallest absolute Gasteiger partial charge is 0.101 e. The molecular formula is C27H54N2O7. The van der Waals surface area contributed by atoms with Gasteiger partial charge in [0, 0.05) is 35.2 Å². The average Bonchev–Trinajstić information content (AvgIpc) is 2.66. The van der Waals surface area contributed by atoms with E-state index in [9.17, 15) is 25.5 Å². The van der Waals surface area contributed by atoms with E-state index >= 15 is 0 Å². The zero-order valence-electron chi connectivity index (χ0n) is 23.9. The van der Waals surface area contributed by atoms with E-state index in [2.05, 4.69) is 65.2 Å². The maximum Gasteiger partial charge on any atom is 0.101 e. The monoisotopic (exact) mass is 518 g/mol. The minimum absolute atomic E-state index is 0.0305. The van der Waals surface area contributed by atoms with E-state index in [1.807, 2.05) is 0 Å². The Morgan fingerprint density at radius 2 is 0.806 bits per heavy atom. The Bertz CT molecular complexity index is 593. The van der Waals surface area contributed by atoms with E-state index in [1.54, 1.807) is 0 Å². The van der Waals surface area contributed by atoms with Gasteiger partial charge in [-0.1, -0.05) is 0 Å². The summed E-state index contributed by atoms with van der Waals surface area (Å²) < 4.78 is 11.1. The first-order valence-corrected chi connectivity index (χ1v) is 13.5. The van der Waals surface area contributed by atoms with Gasteiger partial charge in [-0.25, -0.2) is 0 Å². The quantitative estimate of drug-likeness (QED) is 0.258. The average molecular weight is 519 g/mol. The largest absolute Gasteiger partial charge is 0.393 e. The van der Waals surface area contributed by atoms with Gasteiger partial charge in [-0.15, -0.1) is 0 Å². The van der Waals surface area contributed by atoms with Crippen LogP contribution in [0.3, 0.4) is 0 Å². The van der Waals surface area contributed by atoms with Gasteiger partial charge < -0.3 is 35.0 Å². The second kappa shape index (κ2) is 12.2. The van der Waals surface area contributed by atoms with E-state index < -0.39 is 18.3 Å². The fourth-order valence-corrected chi connectivity index (χ4v) is 6.77. The number of nitrogens with zero attached hydrogens (tertiary/aromatic N) is 2. The topological polar surface area (TPSA) is 126 Å². The number of likely N-dealkylation sites (tertiary alicyclic amines) is 2. The fourth-order valence-electron chi connectivity index (χ4n) is 6.77. The van der Waals surface area contributed by atoms with Crippen LogP contribution in [0.2, 0.25) is 0 Å². The molecule has 2 rings (SSSR count). The van der Waals surface area contributed by atoms with Crippen molar-refractivity contribution in [1.82, 2.24) is 9.80 Å². The summed E-state index contributed by atoms with van der Waals surface area (Å²) in [7, 11) is 0. The Labute approximate surface area is 218 Å². The molecule has 0 amide bonds. The van der Waals surface area contributed by atoms with Crippen LogP contribution in [0, 0.1) is 0 Å². The zero-order valence-corrected chi connectivity index (χ0v) is 23.9. The predicted octanol–water partition coefficient (Wildman–Crippen LogP) is 1.13. The SMILES string of the molecule is CC1(C)CC(O)CC(C)(C)N1CC(O)COCC(O)COCC(O)CN1C(C)(C)CC(O)CC1(C)C. The molecule has 0 saturated carbocycles. The third kappa shape index (κ3) is 8.85. The number of β-amino-alcohol motifs (C(OH)–C–C–N with tert-alkyl or cyclic N) is 2. The normalized spacial score (nSPS) is 27.6. The van der Waals surface area contributed by atoms with Crippen molar-refractivity contribution in [3.05, 3.63) is 0 Å². The van der Waals surface area contributed by atoms with Crippen LogP contribution in [-0.4, -0.2) is 128 Å². The van der Waals surface area contributed by atoms with Gasteiger partial charge in [0.25, 0.3) is 0 Å². The van der Waals surface area contributed by atoms with Crippen LogP contribution in [0.25, 0.3) is 0 Å². The molecule has 0 aliphatic carbocycles. The molecule has 2 saturated heterocycles. The molecule has 2 aliphatic heterocycles. The first kappa shape index (κ1) is 31.9. The van der Waals surface area contributed by atoms with Crippen LogP contribution in [0.15, 0.2) is 0 Å². The lowest BCUT2D eigenvalue weighted by atomic mass is 9.78. The Kier molecular flexibility index (Phi) is 10.8. The van der Waals surface area contributed by atoms with Crippen molar-refractivity contribution in [2.24, 2.45) is 0 Å². The fraction of sp³-hybridized carbons (Fsp3) is 1.00. The molecule has 2 heterocycles. The van der Waals surface area contributed by atoms with Gasteiger partial charge in [-0.2, -0.15) is 0 Å². The molecule has 5 N–H and O–H groups in total. The summed E-state index contributed by atoms with van der Waals surface area (Å²) in [6.45, 7) is 17.7. The third-order valence-electron chi connectivity index (χ3n) is 7.89. The summed E-state index contributed by atoms with van der Waals surface area (Å²) in [6.07, 6.45) is -0.381. The van der Waals surface area contributed by atoms with Crippen molar-refractivity contribution in [3.63, 3.8) is 0 Å². The molecule has 214 valence electrons. The lowest BCUT2D eigenvalue weighted by molar-refractivity contribution is -0.113. The number of ether oxygens (including phenoxy) is 2. The maximum absolute atomic E-state index is 10.6. The van der Waals surface area contributed by atoms with Gasteiger partial charge in [-0.3, -0.25) is 9.80 Å². The standard InChI is InChI=1S/C27H54N2O7/c1-24(2)9-19(30)10-25(3,4)28(24)13-21(32)15-35-17-23(34)18-36-16-22(33)14-29-26(5,6)11-20(31)12-27(29,7)8/h19-23,30-34H,9-18H2,1-8H3. The number of piperidine rings is 2. The van der Waals surface area contributed by atoms with Crippen LogP contribution in [0.5, 0.6) is 0 Å². The molecule has 2 fully saturated rings. The van der Waals surface area contributed by atoms with E-state index in [-0.39, 0.29) is 60.8 Å². The van der Waals surface area contributed by atoms with Gasteiger partial charge in [0.05, 0.1) is 50.8 Å². The molecule has 36 heavy (non-hydrogen) atoms. The van der Waals surface area contributed by atoms with Crippen LogP contribution in [0.4, 0.5) is 0 Å². The van der Waals surface area contributed by atoms with Crippen molar-refractivity contribution in [3.8, 4) is 0 Å². The second-order valence-electron chi connectivity index (χ2n) is 13.6. The Hall–Kier alpha value is -0.360. The molecule has 0 radical (unpaired) electrons. The second-order valence-corrected chi connectivity index (χ2v) is 13.6. The highest BCUT2D eigenvalue weighted by Crippen LogP contribution is 2.39. The number of aliphatic hydroxyl groups is 5. The van der Waals surface area contributed by atoms with Crippen molar-refractivity contribution in [2.45, 2.75) is 134 Å². The highest BCUT2D eigenvalue weighted by atomic mass is 16.5. The molecule has 2 unspecified atom stereocenters. The van der Waals surface area contributed by atoms with Crippen LogP contribution in [0.1, 0.15) is 81.1 Å². The van der Waals surface area contributed by atoms with E-state index in [0.717, 1.165) is 0 Å². The Morgan fingerprint density at radius 3 is 1.08 bits per heavy atom. The minimum Gasteiger partial charge on any atom is -0.393 e. The summed E-state index contributed by atoms with van der Waals surface area (Å²) in [6, 6.07) is 0. The van der Waals surface area contributed by atoms with Gasteiger partial charge in [0.1, 0.15) is 6.10 Å². The Morgan fingerprint density at radius 1 is 0.556 bits per heavy atom. The van der Waals surface area contributed by atoms with Crippen molar-refractivity contribution in [1.29, 1.82) is 0 Å². The minimum atomic E-state index is -0.861. The molecule has 0 aromatic heterocycles. The van der Waals surface area contributed by atoms with Gasteiger partial charge in [0.2, 0.25) is 0 Å². The molecule has 2 atom stereocenters. The van der Waals surface area contributed by atoms with Crippen molar-refractivity contribution in [2.75, 3.05) is 39.5 Å². The summed E-state index contributed by atoms with van der Waals surface area (Å²) in [5.74, 6) is 0. The van der Waals surface area contributed by atoms with Gasteiger partial charge in [-0.05, 0) is 81.1 Å². The molecule has 9 nitrogen and oxygen atoms in total. The highest BCUT2D eigenvalue weighted by Gasteiger charge is 2.46. The van der Waals surface area contributed by atoms with Crippen LogP contribution in [-0.2, 0) is 9.47 Å². The number of hydrogen-bond acceptors (Lipinski definition) is 9. The van der Waals surface area contributed by atoms with Gasteiger partial charge in [0.15, 0.2) is 0 Å². The van der Waals surface area contributed by atoms with E-state index in [4.69, 9.17) is 9.47 Å². The predicted molar refractivity (Wildman–Crippen MR) is 140 cm³/mol. The highest BCUT2D eigenvalue weighted by molar-refractivity contribution is 5.01. The van der Waals surface area contributed by atoms with Crippen molar-refractivity contribution < 1.29 is 35.0 Å². The maximum atomic E-state index is 10.6. The molecule has 0 aromatic carbocycles. The number of hydrogen-bond donors (Lipinski definition) is 5. The molecule has 0 bridgehead atoms. The van der Waals surface area contributed by atoms with E-state index in [0.29, 0.717) is 38.8 Å². The first-order chi connectivity index (χ1) is 16.4. The Balaban J connectivity index is 1.69. The molecule has 0 aromatic rings. The summed E-state index contributed by atoms with van der Waals surface area (Å²) in [5.41, 5.74) is -0.965. The van der Waals surface area contributed by atoms with Crippen LogP contribution >= 0.6 is 0 Å². The molecule has 2 aliphatic rings. The third-order valence-corrected chi connectivity index (χ3v) is 7.89. The summed E-state index contributed by atoms with van der Waals surface area (Å²) in [4.78, 5) is 4.46. The lowest BCUT2D eigenvalue weighted by Crippen LogP contribution is -2.63. The summed E-state index contributed by atoms with van der Waals surface area (Å²) >= 11 is 0. The van der Waals surface area contributed by atoms with Crippen LogP contribution < -0.4 is 0 Å². The summed E-state index contributed by atoms with van der Waals surface area (Å²) in [5, 5.41) is 51.7. The van der Waals surface area contributed by atoms with E-state index in [1.165, 1.54) is 0 Å². The number of aliphatic hydroxyl groups excluding tert-OH is 5. The molecular weight excluding hydrogens is 464 g/mol. The first-order valence-electron chi connectivity index (χ1n) is 13.5. The molecule has 9 heteroatoms. The number of rotatable bonds is 12. The van der Waals surface area contributed by atoms with Crippen molar-refractivity contribution >= 4 is 0 Å². The lowest BCUT2D eigenvalue weighted by Gasteiger charge is -2.55. The molecule has 0 spiro atoms.